The fraction of sp³-hybridized carbons (Fsp3) is 0.412. The summed E-state index contributed by atoms with van der Waals surface area (Å²) in [7, 11) is 0. The largest absolute Gasteiger partial charge is 0.338 e. The first-order chi connectivity index (χ1) is 10.8. The number of pyridine rings is 1. The highest BCUT2D eigenvalue weighted by Gasteiger charge is 2.45. The molecule has 22 heavy (non-hydrogen) atoms. The number of amides is 1. The molecule has 4 heterocycles. The Bertz CT molecular complexity index is 643. The van der Waals surface area contributed by atoms with Gasteiger partial charge in [-0.2, -0.15) is 0 Å². The number of nitrogens with zero attached hydrogens (tertiary/aromatic N) is 3. The van der Waals surface area contributed by atoms with Crippen LogP contribution in [0.2, 0.25) is 0 Å². The van der Waals surface area contributed by atoms with Gasteiger partial charge in [0.1, 0.15) is 0 Å². The lowest BCUT2D eigenvalue weighted by Crippen LogP contribution is -2.32. The topological polar surface area (TPSA) is 36.4 Å². The number of thiophene rings is 1. The van der Waals surface area contributed by atoms with Crippen molar-refractivity contribution >= 4 is 17.2 Å². The molecule has 2 atom stereocenters. The monoisotopic (exact) mass is 313 g/mol. The molecule has 0 aliphatic carbocycles. The molecule has 2 fully saturated rings. The Morgan fingerprint density at radius 1 is 1.18 bits per heavy atom. The van der Waals surface area contributed by atoms with Gasteiger partial charge in [0, 0.05) is 55.9 Å². The molecule has 2 aliphatic rings. The Hall–Kier alpha value is -1.72. The Morgan fingerprint density at radius 3 is 2.86 bits per heavy atom. The first kappa shape index (κ1) is 13.9. The van der Waals surface area contributed by atoms with Crippen LogP contribution in [-0.2, 0) is 17.9 Å². The molecule has 5 heteroatoms. The van der Waals surface area contributed by atoms with Gasteiger partial charge in [0.05, 0.1) is 5.92 Å². The van der Waals surface area contributed by atoms with Crippen molar-refractivity contribution in [2.75, 3.05) is 19.6 Å². The molecule has 0 saturated carbocycles. The van der Waals surface area contributed by atoms with Gasteiger partial charge in [-0.3, -0.25) is 14.7 Å². The van der Waals surface area contributed by atoms with Crippen LogP contribution >= 0.6 is 11.3 Å². The summed E-state index contributed by atoms with van der Waals surface area (Å²) in [6.07, 6.45) is 3.62. The van der Waals surface area contributed by atoms with E-state index in [4.69, 9.17) is 0 Å². The average Bonchev–Trinajstić information content (AvgIpc) is 3.22. The Morgan fingerprint density at radius 2 is 2.14 bits per heavy atom. The van der Waals surface area contributed by atoms with Gasteiger partial charge in [-0.1, -0.05) is 12.1 Å². The quantitative estimate of drug-likeness (QED) is 0.868. The van der Waals surface area contributed by atoms with E-state index in [9.17, 15) is 4.79 Å². The van der Waals surface area contributed by atoms with Gasteiger partial charge in [0.15, 0.2) is 0 Å². The van der Waals surface area contributed by atoms with Crippen molar-refractivity contribution in [3.8, 4) is 0 Å². The predicted molar refractivity (Wildman–Crippen MR) is 86.2 cm³/mol. The van der Waals surface area contributed by atoms with E-state index in [1.54, 1.807) is 17.5 Å². The van der Waals surface area contributed by atoms with E-state index >= 15 is 0 Å². The second-order valence-electron chi connectivity index (χ2n) is 6.22. The smallest absolute Gasteiger partial charge is 0.227 e. The van der Waals surface area contributed by atoms with Gasteiger partial charge in [0.2, 0.25) is 5.91 Å². The van der Waals surface area contributed by atoms with Crippen LogP contribution in [0.3, 0.4) is 0 Å². The first-order valence-electron chi connectivity index (χ1n) is 7.72. The number of carbonyl (C=O) groups excluding carboxylic acids is 1. The number of hydrogen-bond donors (Lipinski definition) is 0. The number of fused-ring (bicyclic) bond motifs is 1. The van der Waals surface area contributed by atoms with Gasteiger partial charge in [-0.15, -0.1) is 11.3 Å². The zero-order chi connectivity index (χ0) is 14.9. The van der Waals surface area contributed by atoms with Crippen LogP contribution in [0.25, 0.3) is 0 Å². The maximum Gasteiger partial charge on any atom is 0.227 e. The second-order valence-corrected chi connectivity index (χ2v) is 7.25. The zero-order valence-corrected chi connectivity index (χ0v) is 13.2. The predicted octanol–water partition coefficient (Wildman–Crippen LogP) is 2.23. The van der Waals surface area contributed by atoms with Crippen molar-refractivity contribution in [1.82, 2.24) is 14.8 Å². The molecule has 0 N–H and O–H groups in total. The molecule has 2 aromatic heterocycles. The van der Waals surface area contributed by atoms with Crippen molar-refractivity contribution in [2.24, 2.45) is 11.8 Å². The minimum Gasteiger partial charge on any atom is -0.338 e. The number of aromatic nitrogens is 1. The lowest BCUT2D eigenvalue weighted by Gasteiger charge is -2.21. The Labute approximate surface area is 134 Å². The van der Waals surface area contributed by atoms with Crippen LogP contribution < -0.4 is 0 Å². The fourth-order valence-corrected chi connectivity index (χ4v) is 4.39. The van der Waals surface area contributed by atoms with Gasteiger partial charge >= 0.3 is 0 Å². The molecule has 0 unspecified atom stereocenters. The van der Waals surface area contributed by atoms with Crippen LogP contribution in [-0.4, -0.2) is 40.3 Å². The summed E-state index contributed by atoms with van der Waals surface area (Å²) in [6, 6.07) is 8.24. The van der Waals surface area contributed by atoms with E-state index in [1.807, 2.05) is 23.2 Å². The van der Waals surface area contributed by atoms with Crippen molar-refractivity contribution in [3.05, 3.63) is 52.5 Å². The highest BCUT2D eigenvalue weighted by Crippen LogP contribution is 2.34. The van der Waals surface area contributed by atoms with E-state index in [0.29, 0.717) is 18.4 Å². The SMILES string of the molecule is O=C1[C@@H]2CN(Cc3cccs3)C[C@@H]2CN1Cc1cccnc1. The van der Waals surface area contributed by atoms with Crippen LogP contribution in [0.15, 0.2) is 42.0 Å². The molecule has 0 aromatic carbocycles. The molecule has 0 spiro atoms. The van der Waals surface area contributed by atoms with E-state index in [2.05, 4.69) is 27.4 Å². The Kier molecular flexibility index (Phi) is 3.68. The summed E-state index contributed by atoms with van der Waals surface area (Å²) < 4.78 is 0. The summed E-state index contributed by atoms with van der Waals surface area (Å²) in [5.41, 5.74) is 1.12. The van der Waals surface area contributed by atoms with Gasteiger partial charge in [-0.05, 0) is 23.1 Å². The molecular weight excluding hydrogens is 294 g/mol. The molecule has 2 aromatic rings. The van der Waals surface area contributed by atoms with Crippen LogP contribution in [0.5, 0.6) is 0 Å². The van der Waals surface area contributed by atoms with Crippen molar-refractivity contribution in [2.45, 2.75) is 13.1 Å². The van der Waals surface area contributed by atoms with Gasteiger partial charge in [0.25, 0.3) is 0 Å². The highest BCUT2D eigenvalue weighted by atomic mass is 32.1. The van der Waals surface area contributed by atoms with E-state index in [1.165, 1.54) is 4.88 Å². The molecule has 4 rings (SSSR count). The summed E-state index contributed by atoms with van der Waals surface area (Å²) in [6.45, 7) is 4.52. The standard InChI is InChI=1S/C17H19N3OS/c21-17-16-12-19(11-15-4-2-6-22-15)9-14(16)10-20(17)8-13-3-1-5-18-7-13/h1-7,14,16H,8-12H2/t14-,16-/m1/s1. The van der Waals surface area contributed by atoms with Gasteiger partial charge < -0.3 is 4.90 Å². The summed E-state index contributed by atoms with van der Waals surface area (Å²) >= 11 is 1.80. The fourth-order valence-electron chi connectivity index (χ4n) is 3.64. The van der Waals surface area contributed by atoms with Crippen molar-refractivity contribution in [1.29, 1.82) is 0 Å². The minimum absolute atomic E-state index is 0.191. The second kappa shape index (κ2) is 5.82. The molecule has 114 valence electrons. The maximum absolute atomic E-state index is 12.6. The third-order valence-corrected chi connectivity index (χ3v) is 5.52. The number of likely N-dealkylation sites (tertiary alicyclic amines) is 2. The summed E-state index contributed by atoms with van der Waals surface area (Å²) in [5, 5.41) is 2.12. The lowest BCUT2D eigenvalue weighted by molar-refractivity contribution is -0.131. The van der Waals surface area contributed by atoms with Crippen LogP contribution in [0.1, 0.15) is 10.4 Å². The van der Waals surface area contributed by atoms with Crippen molar-refractivity contribution < 1.29 is 4.79 Å². The molecule has 0 radical (unpaired) electrons. The first-order valence-corrected chi connectivity index (χ1v) is 8.60. The normalized spacial score (nSPS) is 24.9. The molecule has 2 saturated heterocycles. The van der Waals surface area contributed by atoms with E-state index < -0.39 is 0 Å². The van der Waals surface area contributed by atoms with Gasteiger partial charge in [-0.25, -0.2) is 0 Å². The average molecular weight is 313 g/mol. The van der Waals surface area contributed by atoms with E-state index in [-0.39, 0.29) is 5.92 Å². The van der Waals surface area contributed by atoms with E-state index in [0.717, 1.165) is 31.7 Å². The van der Waals surface area contributed by atoms with Crippen molar-refractivity contribution in [3.63, 3.8) is 0 Å². The van der Waals surface area contributed by atoms with Crippen LogP contribution in [0.4, 0.5) is 0 Å². The zero-order valence-electron chi connectivity index (χ0n) is 12.4. The molecule has 2 aliphatic heterocycles. The molecule has 4 nitrogen and oxygen atoms in total. The van der Waals surface area contributed by atoms with Crippen LogP contribution in [0, 0.1) is 11.8 Å². The third kappa shape index (κ3) is 2.66. The Balaban J connectivity index is 1.38. The summed E-state index contributed by atoms with van der Waals surface area (Å²) in [4.78, 5) is 22.6. The highest BCUT2D eigenvalue weighted by molar-refractivity contribution is 7.09. The molecular formula is C17H19N3OS. The maximum atomic E-state index is 12.6. The number of hydrogen-bond acceptors (Lipinski definition) is 4. The molecule has 0 bridgehead atoms. The molecule has 1 amide bonds. The third-order valence-electron chi connectivity index (χ3n) is 4.66. The minimum atomic E-state index is 0.191. The lowest BCUT2D eigenvalue weighted by atomic mass is 10.0. The summed E-state index contributed by atoms with van der Waals surface area (Å²) in [5.74, 6) is 1.00. The number of rotatable bonds is 4. The number of carbonyl (C=O) groups is 1.